The van der Waals surface area contributed by atoms with Gasteiger partial charge in [-0.15, -0.1) is 0 Å². The Bertz CT molecular complexity index is 638. The molecule has 0 aliphatic carbocycles. The van der Waals surface area contributed by atoms with Crippen LogP contribution in [-0.2, 0) is 6.54 Å². The first-order chi connectivity index (χ1) is 12.2. The van der Waals surface area contributed by atoms with Gasteiger partial charge in [-0.1, -0.05) is 18.2 Å². The fourth-order valence-electron chi connectivity index (χ4n) is 2.56. The molecule has 0 atom stereocenters. The van der Waals surface area contributed by atoms with Crippen LogP contribution >= 0.6 is 0 Å². The van der Waals surface area contributed by atoms with Gasteiger partial charge in [0.2, 0.25) is 0 Å². The number of rotatable bonds is 9. The second-order valence-corrected chi connectivity index (χ2v) is 5.93. The summed E-state index contributed by atoms with van der Waals surface area (Å²) in [5.74, 6) is 2.87. The predicted octanol–water partition coefficient (Wildman–Crippen LogP) is 2.56. The Hall–Kier alpha value is -2.50. The molecule has 0 bridgehead atoms. The smallest absolute Gasteiger partial charge is 0.193 e. The van der Waals surface area contributed by atoms with Crippen molar-refractivity contribution in [2.75, 3.05) is 33.8 Å². The molecule has 136 valence electrons. The molecule has 0 spiro atoms. The highest BCUT2D eigenvalue weighted by atomic mass is 16.5. The fourth-order valence-corrected chi connectivity index (χ4v) is 2.56. The number of benzene rings is 1. The molecule has 0 aliphatic heterocycles. The average Bonchev–Trinajstić information content (AvgIpc) is 3.04. The van der Waals surface area contributed by atoms with Gasteiger partial charge >= 0.3 is 0 Å². The highest BCUT2D eigenvalue weighted by molar-refractivity contribution is 5.79. The summed E-state index contributed by atoms with van der Waals surface area (Å²) < 4.78 is 7.92. The van der Waals surface area contributed by atoms with Crippen molar-refractivity contribution in [1.82, 2.24) is 19.8 Å². The third-order valence-electron chi connectivity index (χ3n) is 4.04. The zero-order valence-electron chi connectivity index (χ0n) is 15.5. The van der Waals surface area contributed by atoms with Crippen LogP contribution in [0.2, 0.25) is 0 Å². The molecule has 1 heterocycles. The topological polar surface area (TPSA) is 54.7 Å². The van der Waals surface area contributed by atoms with Crippen LogP contribution in [0.25, 0.3) is 0 Å². The maximum atomic E-state index is 5.73. The number of aryl methyl sites for hydroxylation is 2. The van der Waals surface area contributed by atoms with Gasteiger partial charge in [-0.05, 0) is 31.9 Å². The Kier molecular flexibility index (Phi) is 7.82. The van der Waals surface area contributed by atoms with Crippen LogP contribution in [0.15, 0.2) is 47.7 Å². The quantitative estimate of drug-likeness (QED) is 0.432. The van der Waals surface area contributed by atoms with Crippen LogP contribution < -0.4 is 10.1 Å². The fraction of sp³-hybridized carbons (Fsp3) is 0.474. The maximum Gasteiger partial charge on any atom is 0.193 e. The maximum absolute atomic E-state index is 5.73. The summed E-state index contributed by atoms with van der Waals surface area (Å²) >= 11 is 0. The Morgan fingerprint density at radius 1 is 1.28 bits per heavy atom. The Balaban J connectivity index is 1.61. The number of imidazole rings is 1. The molecule has 0 amide bonds. The molecule has 0 saturated heterocycles. The second-order valence-electron chi connectivity index (χ2n) is 5.93. The van der Waals surface area contributed by atoms with E-state index in [0.29, 0.717) is 6.61 Å². The van der Waals surface area contributed by atoms with Crippen molar-refractivity contribution in [2.45, 2.75) is 26.3 Å². The number of unbranched alkanes of at least 4 members (excludes halogenated alkanes) is 1. The molecule has 1 aromatic heterocycles. The highest BCUT2D eigenvalue weighted by Crippen LogP contribution is 2.07. The second kappa shape index (κ2) is 10.4. The highest BCUT2D eigenvalue weighted by Gasteiger charge is 2.05. The van der Waals surface area contributed by atoms with Crippen LogP contribution in [0.1, 0.15) is 18.7 Å². The number of ether oxygens (including phenoxy) is 1. The van der Waals surface area contributed by atoms with Crippen LogP contribution in [0.3, 0.4) is 0 Å². The molecular formula is C19H29N5O. The minimum Gasteiger partial charge on any atom is -0.492 e. The van der Waals surface area contributed by atoms with Crippen LogP contribution in [0, 0.1) is 6.92 Å². The van der Waals surface area contributed by atoms with Gasteiger partial charge in [0, 0.05) is 39.6 Å². The number of aliphatic imine (C=N–C) groups is 1. The number of hydrogen-bond acceptors (Lipinski definition) is 3. The predicted molar refractivity (Wildman–Crippen MR) is 102 cm³/mol. The minimum atomic E-state index is 0.626. The summed E-state index contributed by atoms with van der Waals surface area (Å²) in [6.07, 6.45) is 6.08. The molecule has 6 heteroatoms. The third-order valence-corrected chi connectivity index (χ3v) is 4.04. The third kappa shape index (κ3) is 6.49. The molecule has 0 fully saturated rings. The van der Waals surface area contributed by atoms with Gasteiger partial charge < -0.3 is 19.5 Å². The van der Waals surface area contributed by atoms with Crippen molar-refractivity contribution in [3.05, 3.63) is 48.5 Å². The normalized spacial score (nSPS) is 11.4. The number of nitrogens with one attached hydrogen (secondary N) is 1. The van der Waals surface area contributed by atoms with Crippen molar-refractivity contribution in [3.63, 3.8) is 0 Å². The number of para-hydroxylation sites is 1. The van der Waals surface area contributed by atoms with Crippen LogP contribution in [-0.4, -0.2) is 54.2 Å². The Labute approximate surface area is 150 Å². The molecule has 6 nitrogen and oxygen atoms in total. The lowest BCUT2D eigenvalue weighted by atomic mass is 10.3. The lowest BCUT2D eigenvalue weighted by molar-refractivity contribution is 0.281. The van der Waals surface area contributed by atoms with Gasteiger partial charge in [-0.2, -0.15) is 0 Å². The molecule has 0 unspecified atom stereocenters. The van der Waals surface area contributed by atoms with Crippen molar-refractivity contribution in [2.24, 2.45) is 4.99 Å². The van der Waals surface area contributed by atoms with E-state index in [9.17, 15) is 0 Å². The number of hydrogen-bond donors (Lipinski definition) is 1. The zero-order chi connectivity index (χ0) is 17.9. The van der Waals surface area contributed by atoms with Gasteiger partial charge in [0.05, 0.1) is 6.54 Å². The molecule has 25 heavy (non-hydrogen) atoms. The molecule has 2 aromatic rings. The number of likely N-dealkylation sites (N-methyl/N-ethyl adjacent to an activating group) is 1. The van der Waals surface area contributed by atoms with Gasteiger partial charge in [-0.25, -0.2) is 4.98 Å². The van der Waals surface area contributed by atoms with E-state index in [1.807, 2.05) is 63.7 Å². The molecule has 1 N–H and O–H groups in total. The molecule has 0 aliphatic rings. The first kappa shape index (κ1) is 18.8. The van der Waals surface area contributed by atoms with Crippen molar-refractivity contribution in [3.8, 4) is 5.75 Å². The van der Waals surface area contributed by atoms with E-state index >= 15 is 0 Å². The molecule has 2 rings (SSSR count). The zero-order valence-corrected chi connectivity index (χ0v) is 15.5. The average molecular weight is 343 g/mol. The van der Waals surface area contributed by atoms with Gasteiger partial charge in [-0.3, -0.25) is 4.99 Å². The van der Waals surface area contributed by atoms with Gasteiger partial charge in [0.25, 0.3) is 0 Å². The van der Waals surface area contributed by atoms with Crippen molar-refractivity contribution in [1.29, 1.82) is 0 Å². The first-order valence-corrected chi connectivity index (χ1v) is 8.78. The Morgan fingerprint density at radius 2 is 2.08 bits per heavy atom. The molecule has 0 radical (unpaired) electrons. The lowest BCUT2D eigenvalue weighted by Crippen LogP contribution is -2.41. The SMILES string of the molecule is CN=C(NCCCCn1ccnc1C)N(C)CCOc1ccccc1. The van der Waals surface area contributed by atoms with Crippen LogP contribution in [0.5, 0.6) is 5.75 Å². The number of nitrogens with zero attached hydrogens (tertiary/aromatic N) is 4. The van der Waals surface area contributed by atoms with E-state index in [0.717, 1.165) is 50.0 Å². The summed E-state index contributed by atoms with van der Waals surface area (Å²) in [5.41, 5.74) is 0. The summed E-state index contributed by atoms with van der Waals surface area (Å²) in [7, 11) is 3.84. The van der Waals surface area contributed by atoms with E-state index in [1.165, 1.54) is 0 Å². The monoisotopic (exact) mass is 343 g/mol. The number of guanidine groups is 1. The standard InChI is InChI=1S/C19H29N5O/c1-17-21-12-14-24(17)13-8-7-11-22-19(20-2)23(3)15-16-25-18-9-5-4-6-10-18/h4-6,9-10,12,14H,7-8,11,13,15-16H2,1-3H3,(H,20,22). The summed E-state index contributed by atoms with van der Waals surface area (Å²) in [6, 6.07) is 9.87. The minimum absolute atomic E-state index is 0.626. The van der Waals surface area contributed by atoms with Crippen LogP contribution in [0.4, 0.5) is 0 Å². The largest absolute Gasteiger partial charge is 0.492 e. The van der Waals surface area contributed by atoms with E-state index < -0.39 is 0 Å². The number of aromatic nitrogens is 2. The van der Waals surface area contributed by atoms with E-state index in [4.69, 9.17) is 4.74 Å². The Morgan fingerprint density at radius 3 is 2.76 bits per heavy atom. The van der Waals surface area contributed by atoms with Gasteiger partial charge in [0.15, 0.2) is 5.96 Å². The van der Waals surface area contributed by atoms with Crippen molar-refractivity contribution < 1.29 is 4.74 Å². The molecule has 1 aromatic carbocycles. The molecular weight excluding hydrogens is 314 g/mol. The van der Waals surface area contributed by atoms with Gasteiger partial charge in [0.1, 0.15) is 18.2 Å². The van der Waals surface area contributed by atoms with Crippen molar-refractivity contribution >= 4 is 5.96 Å². The summed E-state index contributed by atoms with van der Waals surface area (Å²) in [6.45, 7) is 5.35. The summed E-state index contributed by atoms with van der Waals surface area (Å²) in [5, 5.41) is 3.41. The van der Waals surface area contributed by atoms with E-state index in [-0.39, 0.29) is 0 Å². The van der Waals surface area contributed by atoms with E-state index in [2.05, 4.69) is 24.8 Å². The lowest BCUT2D eigenvalue weighted by Gasteiger charge is -2.22. The first-order valence-electron chi connectivity index (χ1n) is 8.78. The molecule has 0 saturated carbocycles. The summed E-state index contributed by atoms with van der Waals surface area (Å²) in [4.78, 5) is 10.7. The van der Waals surface area contributed by atoms with E-state index in [1.54, 1.807) is 0 Å².